The van der Waals surface area contributed by atoms with E-state index in [9.17, 15) is 14.4 Å². The summed E-state index contributed by atoms with van der Waals surface area (Å²) in [6.45, 7) is 5.53. The Morgan fingerprint density at radius 3 is 2.42 bits per heavy atom. The Labute approximate surface area is 190 Å². The van der Waals surface area contributed by atoms with E-state index >= 15 is 0 Å². The number of hydrogen-bond acceptors (Lipinski definition) is 4. The van der Waals surface area contributed by atoms with Crippen LogP contribution in [-0.4, -0.2) is 22.2 Å². The Kier molecular flexibility index (Phi) is 5.87. The van der Waals surface area contributed by atoms with Gasteiger partial charge in [-0.1, -0.05) is 24.3 Å². The van der Waals surface area contributed by atoms with E-state index in [0.29, 0.717) is 28.0 Å². The van der Waals surface area contributed by atoms with Gasteiger partial charge in [0.1, 0.15) is 12.3 Å². The van der Waals surface area contributed by atoms with Crippen molar-refractivity contribution in [1.82, 2.24) is 9.13 Å². The zero-order chi connectivity index (χ0) is 23.7. The van der Waals surface area contributed by atoms with Crippen molar-refractivity contribution in [3.63, 3.8) is 0 Å². The Hall–Kier alpha value is -4.13. The van der Waals surface area contributed by atoms with Crippen LogP contribution in [0.1, 0.15) is 16.7 Å². The van der Waals surface area contributed by atoms with Gasteiger partial charge in [-0.2, -0.15) is 0 Å². The number of methoxy groups -OCH3 is 1. The van der Waals surface area contributed by atoms with Crippen LogP contribution in [-0.2, 0) is 11.3 Å². The molecule has 0 aliphatic rings. The van der Waals surface area contributed by atoms with E-state index in [0.717, 1.165) is 21.3 Å². The maximum atomic E-state index is 13.5. The van der Waals surface area contributed by atoms with Gasteiger partial charge < -0.3 is 10.1 Å². The molecular weight excluding hydrogens is 418 g/mol. The number of aromatic nitrogens is 2. The molecule has 0 fully saturated rings. The summed E-state index contributed by atoms with van der Waals surface area (Å²) in [6.07, 6.45) is 0. The number of benzene rings is 3. The number of rotatable bonds is 5. The van der Waals surface area contributed by atoms with Crippen molar-refractivity contribution in [1.29, 1.82) is 0 Å². The highest BCUT2D eigenvalue weighted by Gasteiger charge is 2.17. The molecule has 33 heavy (non-hydrogen) atoms. The van der Waals surface area contributed by atoms with E-state index in [1.807, 2.05) is 32.9 Å². The molecule has 0 saturated carbocycles. The van der Waals surface area contributed by atoms with Crippen molar-refractivity contribution >= 4 is 22.5 Å². The summed E-state index contributed by atoms with van der Waals surface area (Å²) in [5, 5.41) is 3.18. The van der Waals surface area contributed by atoms with Gasteiger partial charge in [0.25, 0.3) is 5.56 Å². The lowest BCUT2D eigenvalue weighted by molar-refractivity contribution is -0.116. The third-order valence-corrected chi connectivity index (χ3v) is 5.73. The Balaban J connectivity index is 1.83. The van der Waals surface area contributed by atoms with Gasteiger partial charge >= 0.3 is 5.69 Å². The molecule has 3 aromatic carbocycles. The zero-order valence-electron chi connectivity index (χ0n) is 19.0. The largest absolute Gasteiger partial charge is 0.495 e. The van der Waals surface area contributed by atoms with Gasteiger partial charge in [0.05, 0.1) is 29.4 Å². The summed E-state index contributed by atoms with van der Waals surface area (Å²) < 4.78 is 7.77. The Morgan fingerprint density at radius 2 is 1.70 bits per heavy atom. The van der Waals surface area contributed by atoms with E-state index in [1.165, 1.54) is 11.7 Å². The van der Waals surface area contributed by atoms with Crippen molar-refractivity contribution in [2.24, 2.45) is 0 Å². The minimum Gasteiger partial charge on any atom is -0.495 e. The molecule has 168 valence electrons. The molecule has 1 N–H and O–H groups in total. The van der Waals surface area contributed by atoms with Gasteiger partial charge in [0.2, 0.25) is 5.91 Å². The van der Waals surface area contributed by atoms with E-state index in [1.54, 1.807) is 48.5 Å². The average molecular weight is 444 g/mol. The fraction of sp³-hybridized carbons (Fsp3) is 0.192. The van der Waals surface area contributed by atoms with Crippen molar-refractivity contribution in [3.05, 3.63) is 98.2 Å². The van der Waals surface area contributed by atoms with Crippen molar-refractivity contribution in [3.8, 4) is 11.4 Å². The molecule has 0 aliphatic carbocycles. The molecule has 1 amide bonds. The van der Waals surface area contributed by atoms with Gasteiger partial charge in [-0.25, -0.2) is 9.36 Å². The van der Waals surface area contributed by atoms with Crippen LogP contribution < -0.4 is 21.3 Å². The summed E-state index contributed by atoms with van der Waals surface area (Å²) in [6, 6.07) is 17.7. The lowest BCUT2D eigenvalue weighted by Crippen LogP contribution is -2.40. The summed E-state index contributed by atoms with van der Waals surface area (Å²) in [4.78, 5) is 39.7. The number of aryl methyl sites for hydroxylation is 3. The van der Waals surface area contributed by atoms with Crippen LogP contribution in [0.5, 0.6) is 5.75 Å². The van der Waals surface area contributed by atoms with E-state index < -0.39 is 17.2 Å². The predicted molar refractivity (Wildman–Crippen MR) is 130 cm³/mol. The van der Waals surface area contributed by atoms with Gasteiger partial charge in [-0.05, 0) is 73.9 Å². The molecule has 7 heteroatoms. The first-order valence-corrected chi connectivity index (χ1v) is 10.6. The van der Waals surface area contributed by atoms with Crippen molar-refractivity contribution in [2.75, 3.05) is 12.4 Å². The van der Waals surface area contributed by atoms with Crippen LogP contribution in [0, 0.1) is 20.8 Å². The van der Waals surface area contributed by atoms with Crippen LogP contribution in [0.4, 0.5) is 5.69 Å². The molecule has 7 nitrogen and oxygen atoms in total. The second-order valence-corrected chi connectivity index (χ2v) is 8.05. The fourth-order valence-electron chi connectivity index (χ4n) is 3.82. The highest BCUT2D eigenvalue weighted by atomic mass is 16.5. The number of nitrogens with zero attached hydrogens (tertiary/aromatic N) is 2. The standard InChI is InChI=1S/C26H25N3O4/c1-16-9-12-23(33-4)21(13-16)27-24(30)15-28-22-8-6-5-7-20(22)25(31)29(26(28)32)19-11-10-17(2)18(3)14-19/h5-14H,15H2,1-4H3,(H,27,30). The number of amides is 1. The van der Waals surface area contributed by atoms with Crippen LogP contribution in [0.3, 0.4) is 0 Å². The van der Waals surface area contributed by atoms with E-state index in [4.69, 9.17) is 4.74 Å². The average Bonchev–Trinajstić information content (AvgIpc) is 2.79. The summed E-state index contributed by atoms with van der Waals surface area (Å²) in [7, 11) is 1.53. The predicted octanol–water partition coefficient (Wildman–Crippen LogP) is 3.72. The monoisotopic (exact) mass is 443 g/mol. The first-order chi connectivity index (χ1) is 15.8. The fourth-order valence-corrected chi connectivity index (χ4v) is 3.82. The highest BCUT2D eigenvalue weighted by molar-refractivity contribution is 5.93. The van der Waals surface area contributed by atoms with Crippen LogP contribution >= 0.6 is 0 Å². The smallest absolute Gasteiger partial charge is 0.336 e. The van der Waals surface area contributed by atoms with Crippen molar-refractivity contribution < 1.29 is 9.53 Å². The third-order valence-electron chi connectivity index (χ3n) is 5.73. The quantitative estimate of drug-likeness (QED) is 0.510. The molecule has 4 rings (SSSR count). The molecule has 0 radical (unpaired) electrons. The molecule has 1 aromatic heterocycles. The molecule has 1 heterocycles. The molecule has 0 saturated heterocycles. The number of fused-ring (bicyclic) bond motifs is 1. The number of carbonyl (C=O) groups is 1. The number of nitrogens with one attached hydrogen (secondary N) is 1. The van der Waals surface area contributed by atoms with Gasteiger partial charge in [-0.3, -0.25) is 14.2 Å². The Morgan fingerprint density at radius 1 is 0.939 bits per heavy atom. The Bertz CT molecular complexity index is 1500. The van der Waals surface area contributed by atoms with E-state index in [2.05, 4.69) is 5.32 Å². The molecular formula is C26H25N3O4. The first-order valence-electron chi connectivity index (χ1n) is 10.6. The first kappa shape index (κ1) is 22.1. The van der Waals surface area contributed by atoms with Gasteiger partial charge in [0.15, 0.2) is 0 Å². The van der Waals surface area contributed by atoms with Crippen LogP contribution in [0.15, 0.2) is 70.3 Å². The zero-order valence-corrected chi connectivity index (χ0v) is 19.0. The molecule has 4 aromatic rings. The topological polar surface area (TPSA) is 82.3 Å². The second kappa shape index (κ2) is 8.78. The third kappa shape index (κ3) is 4.17. The maximum absolute atomic E-state index is 13.5. The molecule has 0 spiro atoms. The van der Waals surface area contributed by atoms with Gasteiger partial charge in [0, 0.05) is 0 Å². The minimum atomic E-state index is -0.576. The molecule has 0 aliphatic heterocycles. The molecule has 0 bridgehead atoms. The maximum Gasteiger partial charge on any atom is 0.336 e. The number of anilines is 1. The second-order valence-electron chi connectivity index (χ2n) is 8.05. The SMILES string of the molecule is COc1ccc(C)cc1NC(=O)Cn1c(=O)n(-c2ccc(C)c(C)c2)c(=O)c2ccccc21. The molecule has 0 unspecified atom stereocenters. The number of ether oxygens (including phenoxy) is 1. The van der Waals surface area contributed by atoms with Crippen molar-refractivity contribution in [2.45, 2.75) is 27.3 Å². The molecule has 0 atom stereocenters. The van der Waals surface area contributed by atoms with Crippen LogP contribution in [0.2, 0.25) is 0 Å². The highest BCUT2D eigenvalue weighted by Crippen LogP contribution is 2.25. The van der Waals surface area contributed by atoms with E-state index in [-0.39, 0.29) is 6.54 Å². The summed E-state index contributed by atoms with van der Waals surface area (Å²) in [5.41, 5.74) is 3.36. The minimum absolute atomic E-state index is 0.262. The number of hydrogen-bond donors (Lipinski definition) is 1. The lowest BCUT2D eigenvalue weighted by Gasteiger charge is -2.16. The number of para-hydroxylation sites is 1. The van der Waals surface area contributed by atoms with Gasteiger partial charge in [-0.15, -0.1) is 0 Å². The van der Waals surface area contributed by atoms with Crippen LogP contribution in [0.25, 0.3) is 16.6 Å². The normalized spacial score (nSPS) is 10.9. The summed E-state index contributed by atoms with van der Waals surface area (Å²) in [5.74, 6) is 0.114. The summed E-state index contributed by atoms with van der Waals surface area (Å²) >= 11 is 0. The number of carbonyl (C=O) groups excluding carboxylic acids is 1. The lowest BCUT2D eigenvalue weighted by atomic mass is 10.1.